The summed E-state index contributed by atoms with van der Waals surface area (Å²) < 4.78 is 29.7. The molecule has 0 atom stereocenters. The Morgan fingerprint density at radius 3 is 2.69 bits per heavy atom. The Morgan fingerprint density at radius 2 is 1.86 bits per heavy atom. The minimum absolute atomic E-state index is 0.154. The predicted octanol–water partition coefficient (Wildman–Crippen LogP) is 5.12. The van der Waals surface area contributed by atoms with E-state index in [0.717, 1.165) is 0 Å². The van der Waals surface area contributed by atoms with Gasteiger partial charge in [-0.3, -0.25) is 0 Å². The third-order valence-corrected chi connectivity index (χ3v) is 5.10. The van der Waals surface area contributed by atoms with Gasteiger partial charge in [0.05, 0.1) is 11.8 Å². The van der Waals surface area contributed by atoms with Crippen molar-refractivity contribution in [1.82, 2.24) is 10.2 Å². The lowest BCUT2D eigenvalue weighted by Gasteiger charge is -2.09. The fraction of sp³-hybridized carbons (Fsp3) is 0.0952. The summed E-state index contributed by atoms with van der Waals surface area (Å²) in [7, 11) is 0. The van der Waals surface area contributed by atoms with Crippen molar-refractivity contribution < 1.29 is 22.8 Å². The Labute approximate surface area is 169 Å². The number of nitrogens with zero attached hydrogens (tertiary/aromatic N) is 2. The Hall–Kier alpha value is -3.39. The van der Waals surface area contributed by atoms with Crippen LogP contribution in [0.2, 0.25) is 0 Å². The maximum absolute atomic E-state index is 13.8. The van der Waals surface area contributed by atoms with Gasteiger partial charge in [0.1, 0.15) is 5.82 Å². The molecule has 0 saturated heterocycles. The van der Waals surface area contributed by atoms with Gasteiger partial charge in [-0.2, -0.15) is 0 Å². The van der Waals surface area contributed by atoms with Crippen LogP contribution in [0.25, 0.3) is 11.7 Å². The van der Waals surface area contributed by atoms with E-state index in [1.807, 2.05) is 6.07 Å². The first kappa shape index (κ1) is 18.9. The Bertz CT molecular complexity index is 1110. The number of carbonyl (C=O) groups excluding carboxylic acids is 1. The minimum Gasteiger partial charge on any atom is -0.459 e. The van der Waals surface area contributed by atoms with Crippen LogP contribution in [0.3, 0.4) is 0 Å². The molecule has 6 nitrogen and oxygen atoms in total. The summed E-state index contributed by atoms with van der Waals surface area (Å²) in [4.78, 5) is 13.2. The number of rotatable bonds is 7. The lowest BCUT2D eigenvalue weighted by Crippen LogP contribution is -2.07. The number of hydrogen-bond acceptors (Lipinski definition) is 7. The number of hydrogen-bond donors (Lipinski definition) is 0. The van der Waals surface area contributed by atoms with Gasteiger partial charge in [0, 0.05) is 10.6 Å². The highest BCUT2D eigenvalue weighted by Crippen LogP contribution is 2.28. The molecule has 0 aliphatic carbocycles. The summed E-state index contributed by atoms with van der Waals surface area (Å²) in [6, 6.07) is 17.0. The van der Waals surface area contributed by atoms with E-state index < -0.39 is 5.97 Å². The quantitative estimate of drug-likeness (QED) is 0.309. The number of thioether (sulfide) groups is 1. The largest absolute Gasteiger partial charge is 0.459 e. The number of carbonyl (C=O) groups is 1. The molecule has 8 heteroatoms. The number of benzene rings is 2. The molecule has 4 rings (SSSR count). The maximum Gasteiger partial charge on any atom is 0.339 e. The van der Waals surface area contributed by atoms with Crippen LogP contribution in [0.4, 0.5) is 4.39 Å². The zero-order chi connectivity index (χ0) is 20.1. The summed E-state index contributed by atoms with van der Waals surface area (Å²) in [6.45, 7) is -0.168. The molecule has 0 spiro atoms. The summed E-state index contributed by atoms with van der Waals surface area (Å²) in [5.41, 5.74) is 0.955. The van der Waals surface area contributed by atoms with E-state index in [2.05, 4.69) is 10.2 Å². The fourth-order valence-electron chi connectivity index (χ4n) is 2.55. The molecular weight excluding hydrogens is 395 g/mol. The summed E-state index contributed by atoms with van der Waals surface area (Å²) in [5.74, 6) is 0.393. The van der Waals surface area contributed by atoms with Crippen LogP contribution >= 0.6 is 11.8 Å². The molecule has 4 aromatic rings. The van der Waals surface area contributed by atoms with E-state index in [4.69, 9.17) is 13.6 Å². The molecule has 2 aromatic heterocycles. The molecule has 0 aliphatic heterocycles. The van der Waals surface area contributed by atoms with E-state index in [-0.39, 0.29) is 24.2 Å². The lowest BCUT2D eigenvalue weighted by molar-refractivity contribution is 0.0434. The predicted molar refractivity (Wildman–Crippen MR) is 104 cm³/mol. The molecule has 2 aromatic carbocycles. The summed E-state index contributed by atoms with van der Waals surface area (Å²) in [6.07, 6.45) is 1.50. The van der Waals surface area contributed by atoms with Gasteiger partial charge in [0.25, 0.3) is 11.8 Å². The molecule has 0 bridgehead atoms. The van der Waals surface area contributed by atoms with Crippen molar-refractivity contribution in [1.29, 1.82) is 0 Å². The second-order valence-corrected chi connectivity index (χ2v) is 6.95. The third kappa shape index (κ3) is 4.55. The molecular formula is C21H15FN2O4S. The van der Waals surface area contributed by atoms with E-state index in [1.54, 1.807) is 48.5 Å². The summed E-state index contributed by atoms with van der Waals surface area (Å²) in [5, 5.41) is 7.70. The van der Waals surface area contributed by atoms with Crippen LogP contribution in [0.15, 0.2) is 80.7 Å². The van der Waals surface area contributed by atoms with Crippen molar-refractivity contribution in [2.45, 2.75) is 17.3 Å². The van der Waals surface area contributed by atoms with Crippen LogP contribution in [0.5, 0.6) is 0 Å². The van der Waals surface area contributed by atoms with E-state index >= 15 is 0 Å². The van der Waals surface area contributed by atoms with Crippen LogP contribution < -0.4 is 0 Å². The van der Waals surface area contributed by atoms with Gasteiger partial charge in [-0.05, 0) is 35.9 Å². The van der Waals surface area contributed by atoms with Gasteiger partial charge in [-0.25, -0.2) is 9.18 Å². The van der Waals surface area contributed by atoms with Gasteiger partial charge >= 0.3 is 5.97 Å². The second kappa shape index (κ2) is 8.74. The van der Waals surface area contributed by atoms with Crippen molar-refractivity contribution in [3.63, 3.8) is 0 Å². The summed E-state index contributed by atoms with van der Waals surface area (Å²) >= 11 is 1.36. The van der Waals surface area contributed by atoms with Crippen LogP contribution in [0.1, 0.15) is 21.8 Å². The molecule has 29 heavy (non-hydrogen) atoms. The molecule has 2 heterocycles. The maximum atomic E-state index is 13.8. The SMILES string of the molecule is O=C(OCc1nnc(-c2ccco2)o1)c1ccccc1SCc1ccccc1F. The standard InChI is InChI=1S/C21H15FN2O4S/c22-16-8-3-1-6-14(16)13-29-18-10-4-2-7-15(18)21(25)27-12-19-23-24-20(28-19)17-9-5-11-26-17/h1-11H,12-13H2. The average molecular weight is 410 g/mol. The highest BCUT2D eigenvalue weighted by atomic mass is 32.2. The molecule has 0 unspecified atom stereocenters. The second-order valence-electron chi connectivity index (χ2n) is 5.93. The van der Waals surface area contributed by atoms with Gasteiger partial charge < -0.3 is 13.6 Å². The zero-order valence-electron chi connectivity index (χ0n) is 15.1. The monoisotopic (exact) mass is 410 g/mol. The van der Waals surface area contributed by atoms with Crippen molar-refractivity contribution in [2.24, 2.45) is 0 Å². The molecule has 0 N–H and O–H groups in total. The van der Waals surface area contributed by atoms with Crippen LogP contribution in [0, 0.1) is 5.82 Å². The molecule has 146 valence electrons. The van der Waals surface area contributed by atoms with E-state index in [1.165, 1.54) is 24.1 Å². The van der Waals surface area contributed by atoms with E-state index in [0.29, 0.717) is 27.5 Å². The Kier molecular flexibility index (Phi) is 5.71. The van der Waals surface area contributed by atoms with Crippen molar-refractivity contribution >= 4 is 17.7 Å². The minimum atomic E-state index is -0.528. The van der Waals surface area contributed by atoms with Gasteiger partial charge in [0.15, 0.2) is 12.4 Å². The molecule has 0 amide bonds. The molecule has 0 saturated carbocycles. The average Bonchev–Trinajstić information content (AvgIpc) is 3.43. The fourth-order valence-corrected chi connectivity index (χ4v) is 3.58. The van der Waals surface area contributed by atoms with Crippen molar-refractivity contribution in [3.8, 4) is 11.7 Å². The lowest BCUT2D eigenvalue weighted by atomic mass is 10.2. The third-order valence-electron chi connectivity index (χ3n) is 3.97. The highest BCUT2D eigenvalue weighted by Gasteiger charge is 2.16. The smallest absolute Gasteiger partial charge is 0.339 e. The van der Waals surface area contributed by atoms with Crippen molar-refractivity contribution in [3.05, 3.63) is 89.8 Å². The molecule has 0 fully saturated rings. The number of ether oxygens (including phenoxy) is 1. The van der Waals surface area contributed by atoms with Crippen LogP contribution in [-0.4, -0.2) is 16.2 Å². The van der Waals surface area contributed by atoms with Gasteiger partial charge in [0.2, 0.25) is 0 Å². The van der Waals surface area contributed by atoms with Crippen molar-refractivity contribution in [2.75, 3.05) is 0 Å². The number of esters is 1. The number of aromatic nitrogens is 2. The first-order valence-corrected chi connectivity index (χ1v) is 9.68. The number of furan rings is 1. The topological polar surface area (TPSA) is 78.4 Å². The zero-order valence-corrected chi connectivity index (χ0v) is 15.9. The molecule has 0 radical (unpaired) electrons. The molecule has 0 aliphatic rings. The first-order valence-electron chi connectivity index (χ1n) is 8.69. The Morgan fingerprint density at radius 1 is 1.03 bits per heavy atom. The highest BCUT2D eigenvalue weighted by molar-refractivity contribution is 7.98. The normalized spacial score (nSPS) is 10.8. The number of halogens is 1. The van der Waals surface area contributed by atoms with Gasteiger partial charge in [-0.1, -0.05) is 30.3 Å². The van der Waals surface area contributed by atoms with Gasteiger partial charge in [-0.15, -0.1) is 22.0 Å². The van der Waals surface area contributed by atoms with Crippen LogP contribution in [-0.2, 0) is 17.1 Å². The first-order chi connectivity index (χ1) is 14.2. The Balaban J connectivity index is 1.41. The van der Waals surface area contributed by atoms with E-state index in [9.17, 15) is 9.18 Å².